The number of aryl methyl sites for hydroxylation is 1. The van der Waals surface area contributed by atoms with E-state index in [2.05, 4.69) is 43.4 Å². The van der Waals surface area contributed by atoms with E-state index in [1.165, 1.54) is 11.1 Å². The second-order valence-corrected chi connectivity index (χ2v) is 4.61. The number of benzene rings is 1. The number of rotatable bonds is 8. The normalized spacial score (nSPS) is 12.6. The summed E-state index contributed by atoms with van der Waals surface area (Å²) in [6.45, 7) is 5.68. The summed E-state index contributed by atoms with van der Waals surface area (Å²) in [7, 11) is 0. The van der Waals surface area contributed by atoms with Crippen molar-refractivity contribution in [1.82, 2.24) is 5.32 Å². The highest BCUT2D eigenvalue weighted by atomic mass is 16.2. The average molecular weight is 235 g/mol. The summed E-state index contributed by atoms with van der Waals surface area (Å²) in [6.07, 6.45) is 4.28. The highest BCUT2D eigenvalue weighted by Gasteiger charge is 2.07. The Labute approximate surface area is 105 Å². The van der Waals surface area contributed by atoms with Gasteiger partial charge in [-0.2, -0.15) is 0 Å². The van der Waals surface area contributed by atoms with Crippen molar-refractivity contribution in [3.05, 3.63) is 35.4 Å². The largest absolute Gasteiger partial charge is 0.396 e. The average Bonchev–Trinajstić information content (AvgIpc) is 2.35. The smallest absolute Gasteiger partial charge is 0.0431 e. The fourth-order valence-corrected chi connectivity index (χ4v) is 1.99. The van der Waals surface area contributed by atoms with Gasteiger partial charge >= 0.3 is 0 Å². The molecule has 0 heterocycles. The van der Waals surface area contributed by atoms with Crippen molar-refractivity contribution < 1.29 is 5.11 Å². The van der Waals surface area contributed by atoms with Crippen molar-refractivity contribution in [2.75, 3.05) is 13.2 Å². The first-order chi connectivity index (χ1) is 8.27. The van der Waals surface area contributed by atoms with Crippen LogP contribution < -0.4 is 5.32 Å². The number of hydrogen-bond donors (Lipinski definition) is 2. The van der Waals surface area contributed by atoms with Crippen molar-refractivity contribution in [3.8, 4) is 0 Å². The number of hydrogen-bond acceptors (Lipinski definition) is 2. The summed E-state index contributed by atoms with van der Waals surface area (Å²) in [4.78, 5) is 0. The molecule has 0 aliphatic carbocycles. The third kappa shape index (κ3) is 5.33. The molecule has 0 bridgehead atoms. The fraction of sp³-hybridized carbons (Fsp3) is 0.600. The molecular formula is C15H25NO. The molecule has 0 aliphatic heterocycles. The Hall–Kier alpha value is -0.860. The summed E-state index contributed by atoms with van der Waals surface area (Å²) < 4.78 is 0. The first-order valence-corrected chi connectivity index (χ1v) is 6.68. The predicted octanol–water partition coefficient (Wildman–Crippen LogP) is 3.20. The Balaban J connectivity index is 2.35. The van der Waals surface area contributed by atoms with E-state index in [1.807, 2.05) is 0 Å². The zero-order valence-electron chi connectivity index (χ0n) is 11.1. The topological polar surface area (TPSA) is 32.3 Å². The van der Waals surface area contributed by atoms with Crippen LogP contribution in [0.4, 0.5) is 0 Å². The minimum absolute atomic E-state index is 0.315. The number of aliphatic hydroxyl groups excluding tert-OH is 1. The van der Waals surface area contributed by atoms with E-state index in [0.29, 0.717) is 12.6 Å². The van der Waals surface area contributed by atoms with Gasteiger partial charge in [-0.15, -0.1) is 0 Å². The first kappa shape index (κ1) is 14.2. The molecule has 0 fully saturated rings. The van der Waals surface area contributed by atoms with Crippen molar-refractivity contribution in [1.29, 1.82) is 0 Å². The van der Waals surface area contributed by atoms with Crippen LogP contribution in [-0.2, 0) is 0 Å². The third-order valence-electron chi connectivity index (χ3n) is 3.11. The van der Waals surface area contributed by atoms with Crippen LogP contribution in [0.5, 0.6) is 0 Å². The van der Waals surface area contributed by atoms with Gasteiger partial charge in [0.05, 0.1) is 0 Å². The number of aliphatic hydroxyl groups is 1. The zero-order chi connectivity index (χ0) is 12.5. The maximum atomic E-state index is 8.70. The van der Waals surface area contributed by atoms with Gasteiger partial charge in [0.15, 0.2) is 0 Å². The zero-order valence-corrected chi connectivity index (χ0v) is 11.1. The predicted molar refractivity (Wildman–Crippen MR) is 73.2 cm³/mol. The molecule has 17 heavy (non-hydrogen) atoms. The van der Waals surface area contributed by atoms with Crippen LogP contribution in [-0.4, -0.2) is 18.3 Å². The van der Waals surface area contributed by atoms with Crippen LogP contribution in [0.2, 0.25) is 0 Å². The molecule has 1 aromatic rings. The van der Waals surface area contributed by atoms with E-state index < -0.39 is 0 Å². The van der Waals surface area contributed by atoms with E-state index in [1.54, 1.807) is 0 Å². The highest BCUT2D eigenvalue weighted by molar-refractivity contribution is 5.23. The molecule has 1 atom stereocenters. The minimum Gasteiger partial charge on any atom is -0.396 e. The lowest BCUT2D eigenvalue weighted by Crippen LogP contribution is -2.21. The van der Waals surface area contributed by atoms with Crippen LogP contribution >= 0.6 is 0 Å². The van der Waals surface area contributed by atoms with E-state index in [0.717, 1.165) is 32.2 Å². The molecule has 2 nitrogen and oxygen atoms in total. The van der Waals surface area contributed by atoms with E-state index in [-0.39, 0.29) is 0 Å². The van der Waals surface area contributed by atoms with Gasteiger partial charge in [-0.3, -0.25) is 0 Å². The molecule has 96 valence electrons. The van der Waals surface area contributed by atoms with Crippen LogP contribution in [0.1, 0.15) is 49.8 Å². The minimum atomic E-state index is 0.315. The third-order valence-corrected chi connectivity index (χ3v) is 3.11. The summed E-state index contributed by atoms with van der Waals surface area (Å²) in [5, 5.41) is 12.3. The molecule has 0 amide bonds. The molecule has 1 unspecified atom stereocenters. The van der Waals surface area contributed by atoms with Gasteiger partial charge in [0.1, 0.15) is 0 Å². The molecule has 0 radical (unpaired) electrons. The van der Waals surface area contributed by atoms with Crippen molar-refractivity contribution in [3.63, 3.8) is 0 Å². The molecule has 2 heteroatoms. The van der Waals surface area contributed by atoms with Crippen LogP contribution in [0, 0.1) is 6.92 Å². The lowest BCUT2D eigenvalue weighted by molar-refractivity contribution is 0.282. The SMILES string of the molecule is CCC(NCCCCCO)c1ccc(C)cc1. The molecule has 0 spiro atoms. The second-order valence-electron chi connectivity index (χ2n) is 4.61. The lowest BCUT2D eigenvalue weighted by atomic mass is 10.0. The molecule has 1 rings (SSSR count). The van der Waals surface area contributed by atoms with E-state index in [4.69, 9.17) is 5.11 Å². The monoisotopic (exact) mass is 235 g/mol. The van der Waals surface area contributed by atoms with Gasteiger partial charge < -0.3 is 10.4 Å². The van der Waals surface area contributed by atoms with Gasteiger partial charge in [-0.1, -0.05) is 36.8 Å². The van der Waals surface area contributed by atoms with Gasteiger partial charge in [0, 0.05) is 12.6 Å². The molecule has 0 aromatic heterocycles. The Morgan fingerprint density at radius 3 is 2.41 bits per heavy atom. The molecule has 1 aromatic carbocycles. The maximum Gasteiger partial charge on any atom is 0.0431 e. The summed E-state index contributed by atoms with van der Waals surface area (Å²) >= 11 is 0. The quantitative estimate of drug-likeness (QED) is 0.678. The molecular weight excluding hydrogens is 210 g/mol. The highest BCUT2D eigenvalue weighted by Crippen LogP contribution is 2.17. The van der Waals surface area contributed by atoms with Crippen molar-refractivity contribution >= 4 is 0 Å². The van der Waals surface area contributed by atoms with Gasteiger partial charge in [-0.05, 0) is 44.7 Å². The Morgan fingerprint density at radius 1 is 1.12 bits per heavy atom. The number of unbranched alkanes of at least 4 members (excludes halogenated alkanes) is 2. The first-order valence-electron chi connectivity index (χ1n) is 6.68. The van der Waals surface area contributed by atoms with Crippen LogP contribution in [0.15, 0.2) is 24.3 Å². The van der Waals surface area contributed by atoms with E-state index in [9.17, 15) is 0 Å². The Morgan fingerprint density at radius 2 is 1.82 bits per heavy atom. The molecule has 2 N–H and O–H groups in total. The maximum absolute atomic E-state index is 8.70. The summed E-state index contributed by atoms with van der Waals surface area (Å²) in [5.41, 5.74) is 2.69. The van der Waals surface area contributed by atoms with Gasteiger partial charge in [0.2, 0.25) is 0 Å². The molecule has 0 aliphatic rings. The summed E-state index contributed by atoms with van der Waals surface area (Å²) in [5.74, 6) is 0. The fourth-order valence-electron chi connectivity index (χ4n) is 1.99. The number of nitrogens with one attached hydrogen (secondary N) is 1. The van der Waals surface area contributed by atoms with Gasteiger partial charge in [-0.25, -0.2) is 0 Å². The molecule has 0 saturated heterocycles. The van der Waals surface area contributed by atoms with Crippen LogP contribution in [0.25, 0.3) is 0 Å². The lowest BCUT2D eigenvalue weighted by Gasteiger charge is -2.17. The van der Waals surface area contributed by atoms with Crippen molar-refractivity contribution in [2.45, 2.75) is 45.6 Å². The van der Waals surface area contributed by atoms with Crippen molar-refractivity contribution in [2.24, 2.45) is 0 Å². The van der Waals surface area contributed by atoms with Crippen LogP contribution in [0.3, 0.4) is 0 Å². The second kappa shape index (κ2) is 8.26. The Kier molecular flexibility index (Phi) is 6.90. The van der Waals surface area contributed by atoms with E-state index >= 15 is 0 Å². The van der Waals surface area contributed by atoms with Gasteiger partial charge in [0.25, 0.3) is 0 Å². The standard InChI is InChI=1S/C15H25NO/c1-3-15(16-11-5-4-6-12-17)14-9-7-13(2)8-10-14/h7-10,15-17H,3-6,11-12H2,1-2H3. The Bertz CT molecular complexity index is 294. The summed E-state index contributed by atoms with van der Waals surface area (Å²) in [6, 6.07) is 9.23. The molecule has 0 saturated carbocycles.